The Bertz CT molecular complexity index is 266. The van der Waals surface area contributed by atoms with Gasteiger partial charge in [-0.2, -0.15) is 0 Å². The third-order valence-electron chi connectivity index (χ3n) is 5.76. The maximum Gasteiger partial charge on any atom is 0.0576 e. The van der Waals surface area contributed by atoms with Crippen molar-refractivity contribution in [3.8, 4) is 0 Å². The van der Waals surface area contributed by atoms with Gasteiger partial charge in [-0.1, -0.05) is 13.8 Å². The maximum absolute atomic E-state index is 5.81. The van der Waals surface area contributed by atoms with Gasteiger partial charge >= 0.3 is 0 Å². The highest BCUT2D eigenvalue weighted by Crippen LogP contribution is 2.34. The Labute approximate surface area is 125 Å². The molecule has 2 unspecified atom stereocenters. The first-order chi connectivity index (χ1) is 9.76. The summed E-state index contributed by atoms with van der Waals surface area (Å²) < 4.78 is 5.81. The summed E-state index contributed by atoms with van der Waals surface area (Å²) in [6, 6.07) is 0.597. The molecule has 0 aliphatic carbocycles. The van der Waals surface area contributed by atoms with Crippen LogP contribution in [0, 0.1) is 0 Å². The minimum Gasteiger partial charge on any atom is -0.378 e. The van der Waals surface area contributed by atoms with Gasteiger partial charge in [-0.25, -0.2) is 0 Å². The minimum atomic E-state index is 0.351. The molecule has 1 N–H and O–H groups in total. The normalized spacial score (nSPS) is 26.2. The highest BCUT2D eigenvalue weighted by molar-refractivity contribution is 5.00. The molecule has 2 saturated heterocycles. The topological polar surface area (TPSA) is 24.5 Å². The lowest BCUT2D eigenvalue weighted by Crippen LogP contribution is -2.59. The van der Waals surface area contributed by atoms with Crippen LogP contribution >= 0.6 is 0 Å². The van der Waals surface area contributed by atoms with E-state index in [1.54, 1.807) is 0 Å². The summed E-state index contributed by atoms with van der Waals surface area (Å²) in [6.07, 6.45) is 10.8. The predicted molar refractivity (Wildman–Crippen MR) is 85.2 cm³/mol. The van der Waals surface area contributed by atoms with E-state index in [9.17, 15) is 0 Å². The molecule has 2 heterocycles. The molecule has 2 aliphatic rings. The molecular formula is C17H34N2O. The van der Waals surface area contributed by atoms with Crippen LogP contribution in [-0.2, 0) is 4.74 Å². The maximum atomic E-state index is 5.81. The van der Waals surface area contributed by atoms with Crippen molar-refractivity contribution in [3.05, 3.63) is 0 Å². The molecule has 0 aromatic rings. The standard InChI is InChI=1S/C17H34N2O/c1-4-17(5-2,19-12-6-7-13-19)16(18-3)11-10-15-9-8-14-20-15/h15-16,18H,4-14H2,1-3H3. The zero-order valence-corrected chi connectivity index (χ0v) is 13.8. The van der Waals surface area contributed by atoms with Gasteiger partial charge < -0.3 is 10.1 Å². The van der Waals surface area contributed by atoms with Crippen molar-refractivity contribution in [2.24, 2.45) is 0 Å². The molecule has 0 aromatic carbocycles. The lowest BCUT2D eigenvalue weighted by molar-refractivity contribution is 0.0478. The van der Waals surface area contributed by atoms with E-state index in [4.69, 9.17) is 4.74 Å². The van der Waals surface area contributed by atoms with E-state index >= 15 is 0 Å². The number of nitrogens with zero attached hydrogens (tertiary/aromatic N) is 1. The van der Waals surface area contributed by atoms with Gasteiger partial charge in [0.1, 0.15) is 0 Å². The van der Waals surface area contributed by atoms with Crippen LogP contribution < -0.4 is 5.32 Å². The summed E-state index contributed by atoms with van der Waals surface area (Å²) in [4.78, 5) is 2.77. The minimum absolute atomic E-state index is 0.351. The Hall–Kier alpha value is -0.120. The first-order valence-electron chi connectivity index (χ1n) is 8.80. The molecule has 0 saturated carbocycles. The van der Waals surface area contributed by atoms with Crippen LogP contribution in [-0.4, -0.2) is 49.3 Å². The molecule has 2 atom stereocenters. The van der Waals surface area contributed by atoms with Crippen LogP contribution in [0.5, 0.6) is 0 Å². The Balaban J connectivity index is 1.99. The first kappa shape index (κ1) is 16.3. The monoisotopic (exact) mass is 282 g/mol. The molecule has 3 heteroatoms. The van der Waals surface area contributed by atoms with Crippen LogP contribution in [0.2, 0.25) is 0 Å². The largest absolute Gasteiger partial charge is 0.378 e. The number of ether oxygens (including phenoxy) is 1. The fourth-order valence-corrected chi connectivity index (χ4v) is 4.48. The molecule has 118 valence electrons. The van der Waals surface area contributed by atoms with E-state index in [0.717, 1.165) is 6.61 Å². The second-order valence-electron chi connectivity index (χ2n) is 6.56. The molecule has 20 heavy (non-hydrogen) atoms. The molecule has 3 nitrogen and oxygen atoms in total. The molecule has 0 bridgehead atoms. The molecule has 2 aliphatic heterocycles. The third-order valence-corrected chi connectivity index (χ3v) is 5.76. The number of rotatable bonds is 8. The van der Waals surface area contributed by atoms with Crippen molar-refractivity contribution in [2.75, 3.05) is 26.7 Å². The van der Waals surface area contributed by atoms with Crippen LogP contribution in [0.25, 0.3) is 0 Å². The lowest BCUT2D eigenvalue weighted by atomic mass is 9.80. The number of hydrogen-bond donors (Lipinski definition) is 1. The highest BCUT2D eigenvalue weighted by Gasteiger charge is 2.41. The van der Waals surface area contributed by atoms with Crippen molar-refractivity contribution >= 4 is 0 Å². The fourth-order valence-electron chi connectivity index (χ4n) is 4.48. The Morgan fingerprint density at radius 3 is 2.40 bits per heavy atom. The highest BCUT2D eigenvalue weighted by atomic mass is 16.5. The lowest BCUT2D eigenvalue weighted by Gasteiger charge is -2.47. The number of hydrogen-bond acceptors (Lipinski definition) is 3. The molecule has 0 aromatic heterocycles. The van der Waals surface area contributed by atoms with Gasteiger partial charge in [-0.05, 0) is 71.5 Å². The van der Waals surface area contributed by atoms with Gasteiger partial charge in [-0.15, -0.1) is 0 Å². The Kier molecular flexibility index (Phi) is 6.31. The SMILES string of the molecule is CCC(CC)(C(CCC1CCCO1)NC)N1CCCC1. The van der Waals surface area contributed by atoms with Crippen molar-refractivity contribution in [2.45, 2.75) is 82.9 Å². The first-order valence-corrected chi connectivity index (χ1v) is 8.80. The Morgan fingerprint density at radius 2 is 1.90 bits per heavy atom. The molecule has 0 spiro atoms. The van der Waals surface area contributed by atoms with E-state index < -0.39 is 0 Å². The number of likely N-dealkylation sites (tertiary alicyclic amines) is 1. The second kappa shape index (κ2) is 7.77. The second-order valence-corrected chi connectivity index (χ2v) is 6.56. The molecule has 2 fully saturated rings. The van der Waals surface area contributed by atoms with E-state index in [1.807, 2.05) is 0 Å². The predicted octanol–water partition coefficient (Wildman–Crippen LogP) is 3.19. The zero-order chi connectivity index (χ0) is 14.4. The van der Waals surface area contributed by atoms with Crippen molar-refractivity contribution in [1.82, 2.24) is 10.2 Å². The van der Waals surface area contributed by atoms with E-state index in [2.05, 4.69) is 31.1 Å². The quantitative estimate of drug-likeness (QED) is 0.740. The smallest absolute Gasteiger partial charge is 0.0576 e. The molecular weight excluding hydrogens is 248 g/mol. The van der Waals surface area contributed by atoms with E-state index in [1.165, 1.54) is 64.5 Å². The van der Waals surface area contributed by atoms with Gasteiger partial charge in [0.2, 0.25) is 0 Å². The van der Waals surface area contributed by atoms with Crippen LogP contribution in [0.4, 0.5) is 0 Å². The summed E-state index contributed by atoms with van der Waals surface area (Å²) in [7, 11) is 2.15. The summed E-state index contributed by atoms with van der Waals surface area (Å²) in [5.41, 5.74) is 0.351. The van der Waals surface area contributed by atoms with Gasteiger partial charge in [0.15, 0.2) is 0 Å². The number of likely N-dealkylation sites (N-methyl/N-ethyl adjacent to an activating group) is 1. The number of nitrogens with one attached hydrogen (secondary N) is 1. The van der Waals surface area contributed by atoms with E-state index in [0.29, 0.717) is 17.7 Å². The summed E-state index contributed by atoms with van der Waals surface area (Å²) >= 11 is 0. The van der Waals surface area contributed by atoms with Gasteiger partial charge in [-0.3, -0.25) is 4.90 Å². The molecule has 0 radical (unpaired) electrons. The van der Waals surface area contributed by atoms with Crippen LogP contribution in [0.15, 0.2) is 0 Å². The van der Waals surface area contributed by atoms with Crippen molar-refractivity contribution in [1.29, 1.82) is 0 Å². The van der Waals surface area contributed by atoms with Gasteiger partial charge in [0, 0.05) is 18.2 Å². The third kappa shape index (κ3) is 3.37. The van der Waals surface area contributed by atoms with E-state index in [-0.39, 0.29) is 0 Å². The molecule has 2 rings (SSSR count). The summed E-state index contributed by atoms with van der Waals surface area (Å²) in [5.74, 6) is 0. The summed E-state index contributed by atoms with van der Waals surface area (Å²) in [6.45, 7) is 8.31. The van der Waals surface area contributed by atoms with Crippen molar-refractivity contribution < 1.29 is 4.74 Å². The average Bonchev–Trinajstić information content (AvgIpc) is 3.16. The average molecular weight is 282 g/mol. The van der Waals surface area contributed by atoms with Crippen molar-refractivity contribution in [3.63, 3.8) is 0 Å². The van der Waals surface area contributed by atoms with Gasteiger partial charge in [0.05, 0.1) is 6.10 Å². The van der Waals surface area contributed by atoms with Crippen LogP contribution in [0.3, 0.4) is 0 Å². The van der Waals surface area contributed by atoms with Crippen LogP contribution in [0.1, 0.15) is 65.2 Å². The zero-order valence-electron chi connectivity index (χ0n) is 13.8. The van der Waals surface area contributed by atoms with Gasteiger partial charge in [0.25, 0.3) is 0 Å². The molecule has 0 amide bonds. The summed E-state index contributed by atoms with van der Waals surface area (Å²) in [5, 5.41) is 3.65. The Morgan fingerprint density at radius 1 is 1.20 bits per heavy atom. The fraction of sp³-hybridized carbons (Fsp3) is 1.00.